The van der Waals surface area contributed by atoms with E-state index in [-0.39, 0.29) is 17.7 Å². The van der Waals surface area contributed by atoms with Gasteiger partial charge in [-0.3, -0.25) is 0 Å². The largest absolute Gasteiger partial charge is 0.493 e. The Balaban J connectivity index is 1.61. The Hall–Kier alpha value is -3.82. The van der Waals surface area contributed by atoms with Crippen LogP contribution in [0, 0.1) is 0 Å². The van der Waals surface area contributed by atoms with Crippen LogP contribution in [-0.2, 0) is 12.8 Å². The summed E-state index contributed by atoms with van der Waals surface area (Å²) in [5.41, 5.74) is 26.5. The van der Waals surface area contributed by atoms with Crippen LogP contribution in [0.1, 0.15) is 31.7 Å². The molecule has 2 heterocycles. The van der Waals surface area contributed by atoms with E-state index < -0.39 is 0 Å². The quantitative estimate of drug-likeness (QED) is 0.373. The lowest BCUT2D eigenvalue weighted by atomic mass is 10.0. The number of benzene rings is 1. The number of anilines is 4. The van der Waals surface area contributed by atoms with Gasteiger partial charge in [0, 0.05) is 12.0 Å². The maximum absolute atomic E-state index is 6.10. The van der Waals surface area contributed by atoms with Crippen molar-refractivity contribution in [2.24, 2.45) is 0 Å². The van der Waals surface area contributed by atoms with Gasteiger partial charge in [-0.1, -0.05) is 26.0 Å². The van der Waals surface area contributed by atoms with Crippen LogP contribution < -0.4 is 32.4 Å². The third kappa shape index (κ3) is 5.21. The number of rotatable bonds is 9. The minimum absolute atomic E-state index is 0.142. The monoisotopic (exact) mass is 424 g/mol. The molecule has 0 fully saturated rings. The van der Waals surface area contributed by atoms with Crippen LogP contribution in [0.3, 0.4) is 0 Å². The van der Waals surface area contributed by atoms with Crippen molar-refractivity contribution in [1.29, 1.82) is 0 Å². The van der Waals surface area contributed by atoms with Crippen molar-refractivity contribution in [1.82, 2.24) is 19.9 Å². The summed E-state index contributed by atoms with van der Waals surface area (Å²) >= 11 is 0. The third-order valence-electron chi connectivity index (χ3n) is 4.60. The molecule has 31 heavy (non-hydrogen) atoms. The molecule has 0 aliphatic carbocycles. The van der Waals surface area contributed by atoms with Crippen LogP contribution in [0.2, 0.25) is 0 Å². The van der Waals surface area contributed by atoms with E-state index in [2.05, 4.69) is 19.9 Å². The molecule has 3 rings (SSSR count). The van der Waals surface area contributed by atoms with Crippen molar-refractivity contribution in [3.05, 3.63) is 35.7 Å². The van der Waals surface area contributed by atoms with Crippen LogP contribution in [-0.4, -0.2) is 33.1 Å². The highest BCUT2D eigenvalue weighted by Crippen LogP contribution is 2.31. The van der Waals surface area contributed by atoms with Gasteiger partial charge >= 0.3 is 0 Å². The van der Waals surface area contributed by atoms with Crippen molar-refractivity contribution in [3.8, 4) is 22.6 Å². The summed E-state index contributed by atoms with van der Waals surface area (Å²) in [4.78, 5) is 16.5. The zero-order valence-corrected chi connectivity index (χ0v) is 17.8. The van der Waals surface area contributed by atoms with E-state index in [1.54, 1.807) is 0 Å². The van der Waals surface area contributed by atoms with E-state index in [0.29, 0.717) is 55.5 Å². The Morgan fingerprint density at radius 2 is 1.42 bits per heavy atom. The molecule has 2 aromatic heterocycles. The topological polar surface area (TPSA) is 174 Å². The molecule has 1 aromatic carbocycles. The molecule has 0 saturated carbocycles. The van der Waals surface area contributed by atoms with Gasteiger partial charge in [0.1, 0.15) is 11.6 Å². The van der Waals surface area contributed by atoms with Gasteiger partial charge in [-0.15, -0.1) is 0 Å². The summed E-state index contributed by atoms with van der Waals surface area (Å²) in [5.74, 6) is 2.09. The molecule has 0 aliphatic heterocycles. The van der Waals surface area contributed by atoms with Gasteiger partial charge in [0.15, 0.2) is 11.6 Å². The molecule has 0 unspecified atom stereocenters. The van der Waals surface area contributed by atoms with Crippen molar-refractivity contribution in [3.63, 3.8) is 0 Å². The average molecular weight is 425 g/mol. The van der Waals surface area contributed by atoms with Gasteiger partial charge in [0.05, 0.1) is 24.6 Å². The minimum Gasteiger partial charge on any atom is -0.493 e. The predicted molar refractivity (Wildman–Crippen MR) is 122 cm³/mol. The fraction of sp³-hybridized carbons (Fsp3) is 0.333. The Kier molecular flexibility index (Phi) is 6.91. The minimum atomic E-state index is 0.142. The Morgan fingerprint density at radius 1 is 0.774 bits per heavy atom. The van der Waals surface area contributed by atoms with Gasteiger partial charge in [0.2, 0.25) is 11.9 Å². The van der Waals surface area contributed by atoms with Gasteiger partial charge in [0.25, 0.3) is 0 Å². The van der Waals surface area contributed by atoms with Crippen LogP contribution in [0.15, 0.2) is 24.3 Å². The predicted octanol–water partition coefficient (Wildman–Crippen LogP) is 2.24. The summed E-state index contributed by atoms with van der Waals surface area (Å²) in [6, 6.07) is 7.63. The van der Waals surface area contributed by atoms with E-state index in [1.807, 2.05) is 38.1 Å². The fourth-order valence-electron chi connectivity index (χ4n) is 3.21. The molecule has 0 radical (unpaired) electrons. The third-order valence-corrected chi connectivity index (χ3v) is 4.60. The van der Waals surface area contributed by atoms with Crippen LogP contribution in [0.5, 0.6) is 11.5 Å². The number of hydrogen-bond donors (Lipinski definition) is 4. The maximum Gasteiger partial charge on any atom is 0.222 e. The highest BCUT2D eigenvalue weighted by atomic mass is 16.5. The zero-order valence-electron chi connectivity index (χ0n) is 17.8. The number of aromatic nitrogens is 4. The molecular formula is C21H28N8O2. The molecule has 8 N–H and O–H groups in total. The second kappa shape index (κ2) is 9.79. The SMILES string of the molecule is CCc1nc(N)nc(N)c1OCCCOc1cccc(-c2c(N)nc(N)nc2CC)c1. The number of aryl methyl sites for hydroxylation is 2. The first-order valence-electron chi connectivity index (χ1n) is 10.1. The Morgan fingerprint density at radius 3 is 2.13 bits per heavy atom. The van der Waals surface area contributed by atoms with E-state index in [0.717, 1.165) is 16.8 Å². The highest BCUT2D eigenvalue weighted by Gasteiger charge is 2.14. The molecule has 0 atom stereocenters. The molecule has 10 heteroatoms. The summed E-state index contributed by atoms with van der Waals surface area (Å²) in [6.07, 6.45) is 1.98. The molecule has 0 spiro atoms. The normalized spacial score (nSPS) is 10.8. The number of nitrogens with zero attached hydrogens (tertiary/aromatic N) is 4. The molecule has 0 bridgehead atoms. The lowest BCUT2D eigenvalue weighted by molar-refractivity contribution is 0.246. The maximum atomic E-state index is 6.10. The summed E-state index contributed by atoms with van der Waals surface area (Å²) in [6.45, 7) is 4.80. The average Bonchev–Trinajstić information content (AvgIpc) is 2.74. The summed E-state index contributed by atoms with van der Waals surface area (Å²) < 4.78 is 11.7. The summed E-state index contributed by atoms with van der Waals surface area (Å²) in [5, 5.41) is 0. The van der Waals surface area contributed by atoms with Crippen molar-refractivity contribution >= 4 is 23.5 Å². The Bertz CT molecular complexity index is 1060. The van der Waals surface area contributed by atoms with Crippen molar-refractivity contribution in [2.45, 2.75) is 33.1 Å². The van der Waals surface area contributed by atoms with Crippen molar-refractivity contribution in [2.75, 3.05) is 36.1 Å². The number of nitrogens with two attached hydrogens (primary N) is 4. The fourth-order valence-corrected chi connectivity index (χ4v) is 3.21. The molecule has 0 aliphatic rings. The van der Waals surface area contributed by atoms with E-state index in [9.17, 15) is 0 Å². The van der Waals surface area contributed by atoms with E-state index in [1.165, 1.54) is 0 Å². The van der Waals surface area contributed by atoms with Crippen LogP contribution in [0.25, 0.3) is 11.1 Å². The molecule has 3 aromatic rings. The van der Waals surface area contributed by atoms with Crippen molar-refractivity contribution < 1.29 is 9.47 Å². The smallest absolute Gasteiger partial charge is 0.222 e. The number of ether oxygens (including phenoxy) is 2. The molecule has 0 amide bonds. The molecule has 164 valence electrons. The van der Waals surface area contributed by atoms with Crippen LogP contribution in [0.4, 0.5) is 23.5 Å². The second-order valence-corrected chi connectivity index (χ2v) is 6.82. The van der Waals surface area contributed by atoms with E-state index in [4.69, 9.17) is 32.4 Å². The lowest BCUT2D eigenvalue weighted by Crippen LogP contribution is -2.11. The lowest BCUT2D eigenvalue weighted by Gasteiger charge is -2.14. The number of hydrogen-bond acceptors (Lipinski definition) is 10. The van der Waals surface area contributed by atoms with Gasteiger partial charge in [-0.2, -0.15) is 9.97 Å². The standard InChI is InChI=1S/C21H28N8O2/c1-3-14-16(18(22)28-20(24)26-14)12-7-5-8-13(11-12)30-9-6-10-31-17-15(4-2)27-21(25)29-19(17)23/h5,7-8,11H,3-4,6,9-10H2,1-2H3,(H4,22,24,26,28)(H4,23,25,27,29). The van der Waals surface area contributed by atoms with Gasteiger partial charge in [-0.25, -0.2) is 9.97 Å². The zero-order chi connectivity index (χ0) is 22.4. The number of nitrogen functional groups attached to an aromatic ring is 4. The molecule has 0 saturated heterocycles. The first-order chi connectivity index (χ1) is 14.9. The first-order valence-corrected chi connectivity index (χ1v) is 10.1. The molecule has 10 nitrogen and oxygen atoms in total. The second-order valence-electron chi connectivity index (χ2n) is 6.82. The highest BCUT2D eigenvalue weighted by molar-refractivity contribution is 5.77. The van der Waals surface area contributed by atoms with Gasteiger partial charge < -0.3 is 32.4 Å². The summed E-state index contributed by atoms with van der Waals surface area (Å²) in [7, 11) is 0. The van der Waals surface area contributed by atoms with Crippen LogP contribution >= 0.6 is 0 Å². The molecular weight excluding hydrogens is 396 g/mol. The van der Waals surface area contributed by atoms with E-state index >= 15 is 0 Å². The van der Waals surface area contributed by atoms with Gasteiger partial charge in [-0.05, 0) is 30.5 Å². The first kappa shape index (κ1) is 21.9. The Labute approximate surface area is 181 Å².